The molecule has 0 atom stereocenters. The van der Waals surface area contributed by atoms with Crippen LogP contribution in [0.1, 0.15) is 18.9 Å². The molecule has 1 N–H and O–H groups in total. The highest BCUT2D eigenvalue weighted by molar-refractivity contribution is 9.10. The molecule has 106 valence electrons. The van der Waals surface area contributed by atoms with Crippen molar-refractivity contribution >= 4 is 21.8 Å². The van der Waals surface area contributed by atoms with Crippen molar-refractivity contribution in [1.82, 2.24) is 10.2 Å². The first-order valence-electron chi connectivity index (χ1n) is 6.36. The topological polar surface area (TPSA) is 41.6 Å². The van der Waals surface area contributed by atoms with E-state index in [1.54, 1.807) is 14.2 Å². The summed E-state index contributed by atoms with van der Waals surface area (Å²) in [5.41, 5.74) is 1.16. The average molecular weight is 329 g/mol. The lowest BCUT2D eigenvalue weighted by Gasteiger charge is -2.21. The molecule has 0 unspecified atom stereocenters. The summed E-state index contributed by atoms with van der Waals surface area (Å²) in [5.74, 6) is 0.859. The number of nitrogens with one attached hydrogen (secondary N) is 1. The lowest BCUT2D eigenvalue weighted by Crippen LogP contribution is -2.35. The van der Waals surface area contributed by atoms with Crippen LogP contribution in [0.4, 0.5) is 0 Å². The van der Waals surface area contributed by atoms with Gasteiger partial charge in [0, 0.05) is 13.6 Å². The van der Waals surface area contributed by atoms with Crippen molar-refractivity contribution in [3.05, 3.63) is 28.2 Å². The number of hydrogen-bond acceptors (Lipinski definition) is 3. The lowest BCUT2D eigenvalue weighted by molar-refractivity contribution is -0.121. The highest BCUT2D eigenvalue weighted by Crippen LogP contribution is 2.26. The highest BCUT2D eigenvalue weighted by atomic mass is 79.9. The molecule has 0 saturated carbocycles. The number of methoxy groups -OCH3 is 1. The molecular formula is C14H21BrN2O2. The summed E-state index contributed by atoms with van der Waals surface area (Å²) in [6, 6.07) is 5.99. The van der Waals surface area contributed by atoms with Crippen LogP contribution in [0.15, 0.2) is 22.7 Å². The molecule has 0 aromatic heterocycles. The molecule has 0 aliphatic rings. The second-order valence-electron chi connectivity index (χ2n) is 4.35. The van der Waals surface area contributed by atoms with Crippen LogP contribution in [-0.4, -0.2) is 38.1 Å². The van der Waals surface area contributed by atoms with Crippen LogP contribution >= 0.6 is 15.9 Å². The Hall–Kier alpha value is -1.07. The number of likely N-dealkylation sites (N-methyl/N-ethyl adjacent to an activating group) is 1. The number of ether oxygens (including phenoxy) is 1. The van der Waals surface area contributed by atoms with Gasteiger partial charge in [-0.1, -0.05) is 13.0 Å². The van der Waals surface area contributed by atoms with Gasteiger partial charge in [-0.25, -0.2) is 0 Å². The molecule has 5 heteroatoms. The third-order valence-corrected chi connectivity index (χ3v) is 3.43. The Kier molecular flexibility index (Phi) is 6.87. The fraction of sp³-hybridized carbons (Fsp3) is 0.500. The van der Waals surface area contributed by atoms with Crippen LogP contribution in [0, 0.1) is 0 Å². The minimum absolute atomic E-state index is 0.0426. The maximum Gasteiger partial charge on any atom is 0.233 e. The first-order chi connectivity index (χ1) is 9.10. The fourth-order valence-corrected chi connectivity index (χ4v) is 2.47. The van der Waals surface area contributed by atoms with E-state index in [1.165, 1.54) is 0 Å². The van der Waals surface area contributed by atoms with Crippen LogP contribution in [0.2, 0.25) is 0 Å². The molecule has 19 heavy (non-hydrogen) atoms. The Morgan fingerprint density at radius 2 is 2.21 bits per heavy atom. The van der Waals surface area contributed by atoms with Crippen molar-refractivity contribution < 1.29 is 9.53 Å². The molecular weight excluding hydrogens is 308 g/mol. The Morgan fingerprint density at radius 3 is 2.74 bits per heavy atom. The summed E-state index contributed by atoms with van der Waals surface area (Å²) >= 11 is 3.48. The van der Waals surface area contributed by atoms with Gasteiger partial charge in [0.25, 0.3) is 0 Å². The molecule has 0 heterocycles. The number of benzene rings is 1. The highest BCUT2D eigenvalue weighted by Gasteiger charge is 2.10. The van der Waals surface area contributed by atoms with Crippen molar-refractivity contribution in [2.45, 2.75) is 19.9 Å². The first-order valence-corrected chi connectivity index (χ1v) is 7.15. The fourth-order valence-electron chi connectivity index (χ4n) is 1.88. The van der Waals surface area contributed by atoms with Gasteiger partial charge in [0.2, 0.25) is 5.91 Å². The van der Waals surface area contributed by atoms with E-state index in [4.69, 9.17) is 4.74 Å². The standard InChI is InChI=1S/C14H21BrN2O2/c1-4-7-17(10-14(18)16-2)9-11-5-6-13(19-3)12(15)8-11/h5-6,8H,4,7,9-10H2,1-3H3,(H,16,18). The zero-order chi connectivity index (χ0) is 14.3. The van der Waals surface area contributed by atoms with Gasteiger partial charge in [-0.05, 0) is 46.6 Å². The molecule has 0 aliphatic carbocycles. The molecule has 1 amide bonds. The number of carbonyl (C=O) groups is 1. The van der Waals surface area contributed by atoms with E-state index in [0.29, 0.717) is 6.54 Å². The normalized spacial score (nSPS) is 10.6. The third-order valence-electron chi connectivity index (χ3n) is 2.81. The third kappa shape index (κ3) is 5.20. The molecule has 0 saturated heterocycles. The van der Waals surface area contributed by atoms with Crippen molar-refractivity contribution in [3.8, 4) is 5.75 Å². The van der Waals surface area contributed by atoms with Crippen LogP contribution in [-0.2, 0) is 11.3 Å². The maximum absolute atomic E-state index is 11.5. The van der Waals surface area contributed by atoms with E-state index in [1.807, 2.05) is 18.2 Å². The van der Waals surface area contributed by atoms with E-state index < -0.39 is 0 Å². The summed E-state index contributed by atoms with van der Waals surface area (Å²) in [6.07, 6.45) is 1.02. The molecule has 0 bridgehead atoms. The van der Waals surface area contributed by atoms with E-state index >= 15 is 0 Å². The number of carbonyl (C=O) groups excluding carboxylic acids is 1. The summed E-state index contributed by atoms with van der Waals surface area (Å²) in [7, 11) is 3.31. The molecule has 0 fully saturated rings. The summed E-state index contributed by atoms with van der Waals surface area (Å²) < 4.78 is 6.14. The van der Waals surface area contributed by atoms with Crippen LogP contribution in [0.5, 0.6) is 5.75 Å². The Balaban J connectivity index is 2.72. The van der Waals surface area contributed by atoms with Crippen LogP contribution in [0.25, 0.3) is 0 Å². The molecule has 1 aromatic rings. The van der Waals surface area contributed by atoms with Gasteiger partial charge in [0.15, 0.2) is 0 Å². The number of nitrogens with zero attached hydrogens (tertiary/aromatic N) is 1. The van der Waals surface area contributed by atoms with E-state index in [-0.39, 0.29) is 5.91 Å². The first kappa shape index (κ1) is 16.0. The maximum atomic E-state index is 11.5. The molecule has 1 rings (SSSR count). The Bertz CT molecular complexity index is 424. The van der Waals surface area contributed by atoms with Crippen LogP contribution in [0.3, 0.4) is 0 Å². The van der Waals surface area contributed by atoms with Gasteiger partial charge in [-0.3, -0.25) is 9.69 Å². The molecule has 1 aromatic carbocycles. The SMILES string of the molecule is CCCN(CC(=O)NC)Cc1ccc(OC)c(Br)c1. The second-order valence-corrected chi connectivity index (χ2v) is 5.21. The van der Waals surface area contributed by atoms with Crippen molar-refractivity contribution in [2.75, 3.05) is 27.2 Å². The quantitative estimate of drug-likeness (QED) is 0.835. The van der Waals surface area contributed by atoms with Gasteiger partial charge in [-0.15, -0.1) is 0 Å². The summed E-state index contributed by atoms with van der Waals surface area (Å²) in [5, 5.41) is 2.66. The smallest absolute Gasteiger partial charge is 0.233 e. The average Bonchev–Trinajstić information content (AvgIpc) is 2.39. The predicted octanol–water partition coefficient (Wildman–Crippen LogP) is 2.42. The number of halogens is 1. The van der Waals surface area contributed by atoms with Crippen molar-refractivity contribution in [3.63, 3.8) is 0 Å². The van der Waals surface area contributed by atoms with Crippen molar-refractivity contribution in [1.29, 1.82) is 0 Å². The Labute approximate surface area is 123 Å². The van der Waals surface area contributed by atoms with E-state index in [9.17, 15) is 4.79 Å². The van der Waals surface area contributed by atoms with E-state index in [2.05, 4.69) is 33.1 Å². The summed E-state index contributed by atoms with van der Waals surface area (Å²) in [6.45, 7) is 4.19. The molecule has 0 radical (unpaired) electrons. The number of hydrogen-bond donors (Lipinski definition) is 1. The van der Waals surface area contributed by atoms with Crippen LogP contribution < -0.4 is 10.1 Å². The Morgan fingerprint density at radius 1 is 1.47 bits per heavy atom. The molecule has 0 aliphatic heterocycles. The monoisotopic (exact) mass is 328 g/mol. The number of amides is 1. The molecule has 4 nitrogen and oxygen atoms in total. The van der Waals surface area contributed by atoms with E-state index in [0.717, 1.165) is 35.3 Å². The second kappa shape index (κ2) is 8.17. The van der Waals surface area contributed by atoms with Gasteiger partial charge >= 0.3 is 0 Å². The van der Waals surface area contributed by atoms with Gasteiger partial charge in [0.05, 0.1) is 18.1 Å². The van der Waals surface area contributed by atoms with Gasteiger partial charge in [0.1, 0.15) is 5.75 Å². The number of rotatable bonds is 7. The molecule has 0 spiro atoms. The largest absolute Gasteiger partial charge is 0.496 e. The lowest BCUT2D eigenvalue weighted by atomic mass is 10.2. The minimum atomic E-state index is 0.0426. The summed E-state index contributed by atoms with van der Waals surface area (Å²) in [4.78, 5) is 13.6. The van der Waals surface area contributed by atoms with Gasteiger partial charge in [-0.2, -0.15) is 0 Å². The zero-order valence-electron chi connectivity index (χ0n) is 11.7. The predicted molar refractivity (Wildman–Crippen MR) is 80.3 cm³/mol. The minimum Gasteiger partial charge on any atom is -0.496 e. The van der Waals surface area contributed by atoms with Crippen molar-refractivity contribution in [2.24, 2.45) is 0 Å². The van der Waals surface area contributed by atoms with Gasteiger partial charge < -0.3 is 10.1 Å². The zero-order valence-corrected chi connectivity index (χ0v) is 13.3.